The number of rotatable bonds is 1. The average Bonchev–Trinajstić information content (AvgIpc) is 2.99. The predicted octanol–water partition coefficient (Wildman–Crippen LogP) is 3.65. The van der Waals surface area contributed by atoms with Crippen LogP contribution in [0, 0.1) is 18.3 Å². The Labute approximate surface area is 134 Å². The van der Waals surface area contributed by atoms with Crippen LogP contribution in [-0.4, -0.2) is 36.2 Å². The fraction of sp³-hybridized carbons (Fsp3) is 0.500. The molecule has 4 nitrogen and oxygen atoms in total. The van der Waals surface area contributed by atoms with Crippen molar-refractivity contribution in [3.8, 4) is 6.07 Å². The largest absolute Gasteiger partial charge is 0.324 e. The highest BCUT2D eigenvalue weighted by atomic mass is 35.5. The SMILES string of the molecule is Cc1c(N2CC3(CCCC3F)N(C)C2=O)ccc(C#N)c1Cl. The number of carbonyl (C=O) groups is 1. The van der Waals surface area contributed by atoms with Gasteiger partial charge in [0.05, 0.1) is 22.7 Å². The van der Waals surface area contributed by atoms with Gasteiger partial charge in [-0.3, -0.25) is 4.90 Å². The molecule has 2 atom stereocenters. The molecule has 116 valence electrons. The molecule has 2 amide bonds. The molecule has 2 unspecified atom stereocenters. The highest BCUT2D eigenvalue weighted by Crippen LogP contribution is 2.44. The van der Waals surface area contributed by atoms with Crippen LogP contribution in [0.2, 0.25) is 5.02 Å². The van der Waals surface area contributed by atoms with Crippen LogP contribution in [0.15, 0.2) is 12.1 Å². The molecule has 0 aromatic heterocycles. The standard InChI is InChI=1S/C16H17ClFN3O/c1-10-12(6-5-11(8-19)14(10)17)21-9-16(20(2)15(21)22)7-3-4-13(16)18/h5-6,13H,3-4,7,9H2,1-2H3. The summed E-state index contributed by atoms with van der Waals surface area (Å²) in [7, 11) is 1.67. The van der Waals surface area contributed by atoms with Crippen LogP contribution in [0.25, 0.3) is 0 Å². The van der Waals surface area contributed by atoms with E-state index in [1.807, 2.05) is 6.07 Å². The predicted molar refractivity (Wildman–Crippen MR) is 82.9 cm³/mol. The second-order valence-corrected chi connectivity index (χ2v) is 6.45. The summed E-state index contributed by atoms with van der Waals surface area (Å²) in [5.41, 5.74) is 0.968. The third kappa shape index (κ3) is 1.90. The number of nitriles is 1. The maximum atomic E-state index is 14.4. The van der Waals surface area contributed by atoms with Crippen LogP contribution in [0.3, 0.4) is 0 Å². The smallest absolute Gasteiger partial charge is 0.317 e. The fourth-order valence-corrected chi connectivity index (χ4v) is 3.83. The number of urea groups is 1. The third-order valence-corrected chi connectivity index (χ3v) is 5.52. The Bertz CT molecular complexity index is 687. The van der Waals surface area contributed by atoms with E-state index in [1.54, 1.807) is 31.0 Å². The summed E-state index contributed by atoms with van der Waals surface area (Å²) in [5, 5.41) is 9.37. The zero-order valence-electron chi connectivity index (χ0n) is 12.6. The first-order valence-electron chi connectivity index (χ1n) is 7.31. The number of halogens is 2. The number of carbonyl (C=O) groups excluding carboxylic acids is 1. The number of benzene rings is 1. The summed E-state index contributed by atoms with van der Waals surface area (Å²) in [6.45, 7) is 2.10. The molecule has 1 saturated carbocycles. The van der Waals surface area contributed by atoms with E-state index in [9.17, 15) is 9.18 Å². The number of hydrogen-bond donors (Lipinski definition) is 0. The van der Waals surface area contributed by atoms with Crippen LogP contribution in [-0.2, 0) is 0 Å². The average molecular weight is 322 g/mol. The van der Waals surface area contributed by atoms with Crippen LogP contribution in [0.5, 0.6) is 0 Å². The van der Waals surface area contributed by atoms with Gasteiger partial charge < -0.3 is 4.90 Å². The molecule has 2 fully saturated rings. The minimum absolute atomic E-state index is 0.214. The summed E-state index contributed by atoms with van der Waals surface area (Å²) >= 11 is 6.19. The summed E-state index contributed by atoms with van der Waals surface area (Å²) in [5.74, 6) is 0. The van der Waals surface area contributed by atoms with Gasteiger partial charge in [-0.2, -0.15) is 5.26 Å². The van der Waals surface area contributed by atoms with Crippen LogP contribution < -0.4 is 4.90 Å². The molecule has 6 heteroatoms. The van der Waals surface area contributed by atoms with Crippen molar-refractivity contribution in [3.05, 3.63) is 28.3 Å². The van der Waals surface area contributed by atoms with E-state index in [2.05, 4.69) is 0 Å². The lowest BCUT2D eigenvalue weighted by Crippen LogP contribution is -2.49. The molecular formula is C16H17ClFN3O. The van der Waals surface area contributed by atoms with Crippen molar-refractivity contribution in [2.24, 2.45) is 0 Å². The second kappa shape index (κ2) is 5.13. The van der Waals surface area contributed by atoms with E-state index >= 15 is 0 Å². The molecule has 1 aromatic rings. The summed E-state index contributed by atoms with van der Waals surface area (Å²) in [6.07, 6.45) is 0.967. The van der Waals surface area contributed by atoms with Crippen molar-refractivity contribution >= 4 is 23.3 Å². The van der Waals surface area contributed by atoms with Gasteiger partial charge in [0, 0.05) is 12.7 Å². The molecular weight excluding hydrogens is 305 g/mol. The topological polar surface area (TPSA) is 47.3 Å². The molecule has 1 aromatic carbocycles. The van der Waals surface area contributed by atoms with Crippen molar-refractivity contribution in [1.82, 2.24) is 4.90 Å². The van der Waals surface area contributed by atoms with E-state index in [4.69, 9.17) is 16.9 Å². The molecule has 1 saturated heterocycles. The molecule has 3 rings (SSSR count). The molecule has 1 heterocycles. The summed E-state index contributed by atoms with van der Waals surface area (Å²) in [6, 6.07) is 5.13. The number of anilines is 1. The lowest BCUT2D eigenvalue weighted by atomic mass is 9.95. The molecule has 22 heavy (non-hydrogen) atoms. The molecule has 0 N–H and O–H groups in total. The lowest BCUT2D eigenvalue weighted by Gasteiger charge is -2.31. The number of amides is 2. The third-order valence-electron chi connectivity index (χ3n) is 5.04. The van der Waals surface area contributed by atoms with E-state index in [-0.39, 0.29) is 6.03 Å². The van der Waals surface area contributed by atoms with Gasteiger partial charge in [0.25, 0.3) is 0 Å². The van der Waals surface area contributed by atoms with Gasteiger partial charge in [0.15, 0.2) is 0 Å². The van der Waals surface area contributed by atoms with E-state index in [1.165, 1.54) is 4.90 Å². The summed E-state index contributed by atoms with van der Waals surface area (Å²) < 4.78 is 14.4. The van der Waals surface area contributed by atoms with Gasteiger partial charge in [-0.05, 0) is 43.9 Å². The first-order valence-corrected chi connectivity index (χ1v) is 7.69. The zero-order chi connectivity index (χ0) is 16.1. The van der Waals surface area contributed by atoms with E-state index in [0.717, 1.165) is 6.42 Å². The van der Waals surface area contributed by atoms with Crippen molar-refractivity contribution in [2.75, 3.05) is 18.5 Å². The van der Waals surface area contributed by atoms with E-state index in [0.29, 0.717) is 41.2 Å². The second-order valence-electron chi connectivity index (χ2n) is 6.07. The Kier molecular flexibility index (Phi) is 3.53. The first-order chi connectivity index (χ1) is 10.4. The van der Waals surface area contributed by atoms with Crippen LogP contribution >= 0.6 is 11.6 Å². The van der Waals surface area contributed by atoms with Gasteiger partial charge in [0.1, 0.15) is 12.2 Å². The van der Waals surface area contributed by atoms with Crippen molar-refractivity contribution in [3.63, 3.8) is 0 Å². The Morgan fingerprint density at radius 1 is 1.50 bits per heavy atom. The molecule has 1 spiro atoms. The molecule has 0 radical (unpaired) electrons. The molecule has 1 aliphatic carbocycles. The van der Waals surface area contributed by atoms with Crippen LogP contribution in [0.4, 0.5) is 14.9 Å². The monoisotopic (exact) mass is 321 g/mol. The zero-order valence-corrected chi connectivity index (χ0v) is 13.3. The number of nitrogens with zero attached hydrogens (tertiary/aromatic N) is 3. The lowest BCUT2D eigenvalue weighted by molar-refractivity contribution is 0.114. The van der Waals surface area contributed by atoms with Gasteiger partial charge in [0.2, 0.25) is 0 Å². The summed E-state index contributed by atoms with van der Waals surface area (Å²) in [4.78, 5) is 15.7. The highest BCUT2D eigenvalue weighted by molar-refractivity contribution is 6.33. The number of hydrogen-bond acceptors (Lipinski definition) is 2. The normalized spacial score (nSPS) is 27.8. The molecule has 1 aliphatic heterocycles. The maximum Gasteiger partial charge on any atom is 0.324 e. The molecule has 2 aliphatic rings. The van der Waals surface area contributed by atoms with Gasteiger partial charge in [-0.25, -0.2) is 9.18 Å². The maximum absolute atomic E-state index is 14.4. The van der Waals surface area contributed by atoms with Crippen molar-refractivity contribution < 1.29 is 9.18 Å². The number of likely N-dealkylation sites (N-methyl/N-ethyl adjacent to an activating group) is 1. The van der Waals surface area contributed by atoms with Crippen molar-refractivity contribution in [2.45, 2.75) is 37.9 Å². The van der Waals surface area contributed by atoms with Gasteiger partial charge in [-0.1, -0.05) is 11.6 Å². The van der Waals surface area contributed by atoms with E-state index < -0.39 is 11.7 Å². The van der Waals surface area contributed by atoms with Crippen LogP contribution in [0.1, 0.15) is 30.4 Å². The fourth-order valence-electron chi connectivity index (χ4n) is 3.63. The Hall–Kier alpha value is -1.80. The highest BCUT2D eigenvalue weighted by Gasteiger charge is 2.55. The van der Waals surface area contributed by atoms with Gasteiger partial charge in [-0.15, -0.1) is 0 Å². The minimum Gasteiger partial charge on any atom is -0.317 e. The first kappa shape index (κ1) is 15.1. The van der Waals surface area contributed by atoms with Crippen molar-refractivity contribution in [1.29, 1.82) is 5.26 Å². The van der Waals surface area contributed by atoms with Gasteiger partial charge >= 0.3 is 6.03 Å². The molecule has 0 bridgehead atoms. The number of alkyl halides is 1. The Morgan fingerprint density at radius 2 is 2.23 bits per heavy atom. The quantitative estimate of drug-likeness (QED) is 0.792. The Balaban J connectivity index is 2.02. The minimum atomic E-state index is -0.999. The Morgan fingerprint density at radius 3 is 2.82 bits per heavy atom.